The van der Waals surface area contributed by atoms with Gasteiger partial charge in [-0.2, -0.15) is 4.31 Å². The first kappa shape index (κ1) is 20.8. The van der Waals surface area contributed by atoms with Crippen molar-refractivity contribution in [3.8, 4) is 5.75 Å². The first-order valence-electron chi connectivity index (χ1n) is 9.03. The Morgan fingerprint density at radius 2 is 1.68 bits per heavy atom. The molecule has 150 valence electrons. The average Bonchev–Trinajstić information content (AvgIpc) is 2.67. The Morgan fingerprint density at radius 1 is 1.07 bits per heavy atom. The summed E-state index contributed by atoms with van der Waals surface area (Å²) in [5, 5.41) is 0. The van der Waals surface area contributed by atoms with E-state index in [1.165, 1.54) is 4.31 Å². The largest absolute Gasteiger partial charge is 0.493 e. The van der Waals surface area contributed by atoms with Gasteiger partial charge in [-0.25, -0.2) is 8.42 Å². The molecule has 1 fully saturated rings. The van der Waals surface area contributed by atoms with Gasteiger partial charge in [0.15, 0.2) is 0 Å². The maximum absolute atomic E-state index is 12.9. The number of amides is 1. The predicted molar refractivity (Wildman–Crippen MR) is 110 cm³/mol. The van der Waals surface area contributed by atoms with Gasteiger partial charge in [-0.3, -0.25) is 4.79 Å². The number of halogens is 1. The standard InChI is InChI=1S/C20H23BrN2O4S/c21-16-6-8-18(9-7-16)28(25,26)23-12-10-20(11-13-23,14-19(22)24)15-27-17-4-2-1-3-5-17/h1-9H,10-15H2,(H2,22,24). The second kappa shape index (κ2) is 8.63. The number of rotatable bonds is 7. The van der Waals surface area contributed by atoms with E-state index < -0.39 is 21.3 Å². The first-order valence-corrected chi connectivity index (χ1v) is 11.3. The molecule has 1 aliphatic heterocycles. The number of sulfonamides is 1. The molecule has 1 saturated heterocycles. The fourth-order valence-electron chi connectivity index (χ4n) is 3.45. The van der Waals surface area contributed by atoms with E-state index in [1.54, 1.807) is 24.3 Å². The molecule has 28 heavy (non-hydrogen) atoms. The van der Waals surface area contributed by atoms with Crippen LogP contribution in [-0.2, 0) is 14.8 Å². The van der Waals surface area contributed by atoms with Gasteiger partial charge in [0, 0.05) is 29.4 Å². The topological polar surface area (TPSA) is 89.7 Å². The van der Waals surface area contributed by atoms with Crippen LogP contribution < -0.4 is 10.5 Å². The number of ether oxygens (including phenoxy) is 1. The lowest BCUT2D eigenvalue weighted by Gasteiger charge is -2.40. The number of piperidine rings is 1. The van der Waals surface area contributed by atoms with E-state index in [0.717, 1.165) is 10.2 Å². The van der Waals surface area contributed by atoms with Crippen LogP contribution in [0.15, 0.2) is 64.0 Å². The van der Waals surface area contributed by atoms with E-state index in [4.69, 9.17) is 10.5 Å². The fraction of sp³-hybridized carbons (Fsp3) is 0.350. The zero-order valence-electron chi connectivity index (χ0n) is 15.4. The van der Waals surface area contributed by atoms with Crippen molar-refractivity contribution >= 4 is 31.9 Å². The molecule has 0 aliphatic carbocycles. The normalized spacial score (nSPS) is 17.2. The van der Waals surface area contributed by atoms with E-state index in [9.17, 15) is 13.2 Å². The van der Waals surface area contributed by atoms with Gasteiger partial charge in [-0.15, -0.1) is 0 Å². The smallest absolute Gasteiger partial charge is 0.243 e. The lowest BCUT2D eigenvalue weighted by molar-refractivity contribution is -0.121. The summed E-state index contributed by atoms with van der Waals surface area (Å²) >= 11 is 3.32. The number of nitrogens with two attached hydrogens (primary N) is 1. The van der Waals surface area contributed by atoms with Crippen LogP contribution in [0.25, 0.3) is 0 Å². The number of primary amides is 1. The Hall–Kier alpha value is -1.90. The Bertz CT molecular complexity index is 909. The molecule has 0 atom stereocenters. The Morgan fingerprint density at radius 3 is 2.25 bits per heavy atom. The lowest BCUT2D eigenvalue weighted by Crippen LogP contribution is -2.47. The van der Waals surface area contributed by atoms with Crippen molar-refractivity contribution in [3.63, 3.8) is 0 Å². The number of nitrogens with zero attached hydrogens (tertiary/aromatic N) is 1. The first-order chi connectivity index (χ1) is 13.3. The molecular formula is C20H23BrN2O4S. The molecule has 2 aromatic carbocycles. The van der Waals surface area contributed by atoms with E-state index in [1.807, 2.05) is 30.3 Å². The maximum atomic E-state index is 12.9. The van der Waals surface area contributed by atoms with Crippen LogP contribution in [0.3, 0.4) is 0 Å². The predicted octanol–water partition coefficient (Wildman–Crippen LogP) is 3.17. The highest BCUT2D eigenvalue weighted by Crippen LogP contribution is 2.37. The summed E-state index contributed by atoms with van der Waals surface area (Å²) in [5.41, 5.74) is 5.01. The van der Waals surface area contributed by atoms with Gasteiger partial charge in [-0.1, -0.05) is 34.1 Å². The van der Waals surface area contributed by atoms with E-state index in [0.29, 0.717) is 32.5 Å². The van der Waals surface area contributed by atoms with Crippen molar-refractivity contribution in [2.24, 2.45) is 11.1 Å². The summed E-state index contributed by atoms with van der Waals surface area (Å²) in [7, 11) is -3.57. The van der Waals surface area contributed by atoms with E-state index in [2.05, 4.69) is 15.9 Å². The minimum Gasteiger partial charge on any atom is -0.493 e. The second-order valence-electron chi connectivity index (χ2n) is 7.10. The molecule has 0 bridgehead atoms. The van der Waals surface area contributed by atoms with Gasteiger partial charge in [0.1, 0.15) is 5.75 Å². The van der Waals surface area contributed by atoms with E-state index >= 15 is 0 Å². The quantitative estimate of drug-likeness (QED) is 0.678. The summed E-state index contributed by atoms with van der Waals surface area (Å²) in [6, 6.07) is 16.0. The van der Waals surface area contributed by atoms with Crippen LogP contribution in [0.2, 0.25) is 0 Å². The van der Waals surface area contributed by atoms with Crippen LogP contribution in [0.4, 0.5) is 0 Å². The molecular weight excluding hydrogens is 444 g/mol. The molecule has 0 spiro atoms. The van der Waals surface area contributed by atoms with Crippen molar-refractivity contribution in [1.82, 2.24) is 4.31 Å². The highest BCUT2D eigenvalue weighted by Gasteiger charge is 2.40. The zero-order valence-corrected chi connectivity index (χ0v) is 17.8. The SMILES string of the molecule is NC(=O)CC1(COc2ccccc2)CCN(S(=O)(=O)c2ccc(Br)cc2)CC1. The number of hydrogen-bond donors (Lipinski definition) is 1. The number of benzene rings is 2. The summed E-state index contributed by atoms with van der Waals surface area (Å²) in [6.45, 7) is 0.972. The monoisotopic (exact) mass is 466 g/mol. The van der Waals surface area contributed by atoms with Crippen LogP contribution in [0, 0.1) is 5.41 Å². The zero-order chi connectivity index (χ0) is 20.2. The summed E-state index contributed by atoms with van der Waals surface area (Å²) in [5.74, 6) is 0.317. The second-order valence-corrected chi connectivity index (χ2v) is 9.96. The van der Waals surface area contributed by atoms with Gasteiger partial charge in [0.05, 0.1) is 11.5 Å². The molecule has 1 amide bonds. The summed E-state index contributed by atoms with van der Waals surface area (Å²) in [4.78, 5) is 11.9. The van der Waals surface area contributed by atoms with Crippen LogP contribution >= 0.6 is 15.9 Å². The molecule has 3 rings (SSSR count). The van der Waals surface area contributed by atoms with Gasteiger partial charge in [-0.05, 0) is 49.2 Å². The van der Waals surface area contributed by atoms with Crippen molar-refractivity contribution in [3.05, 3.63) is 59.1 Å². The Balaban J connectivity index is 1.71. The third kappa shape index (κ3) is 4.92. The van der Waals surface area contributed by atoms with Gasteiger partial charge >= 0.3 is 0 Å². The number of carbonyl (C=O) groups excluding carboxylic acids is 1. The molecule has 6 nitrogen and oxygen atoms in total. The minimum atomic E-state index is -3.57. The summed E-state index contributed by atoms with van der Waals surface area (Å²) in [6.07, 6.45) is 1.20. The highest BCUT2D eigenvalue weighted by molar-refractivity contribution is 9.10. The number of carbonyl (C=O) groups is 1. The van der Waals surface area contributed by atoms with Crippen LogP contribution in [-0.4, -0.2) is 38.3 Å². The molecule has 0 unspecified atom stereocenters. The molecule has 2 aromatic rings. The van der Waals surface area contributed by atoms with Gasteiger partial charge in [0.25, 0.3) is 0 Å². The van der Waals surface area contributed by atoms with Gasteiger partial charge in [0.2, 0.25) is 15.9 Å². The molecule has 1 aliphatic rings. The molecule has 1 heterocycles. The van der Waals surface area contributed by atoms with Crippen LogP contribution in [0.5, 0.6) is 5.75 Å². The third-order valence-electron chi connectivity index (χ3n) is 5.07. The highest BCUT2D eigenvalue weighted by atomic mass is 79.9. The van der Waals surface area contributed by atoms with Gasteiger partial charge < -0.3 is 10.5 Å². The van der Waals surface area contributed by atoms with E-state index in [-0.39, 0.29) is 11.3 Å². The molecule has 8 heteroatoms. The maximum Gasteiger partial charge on any atom is 0.243 e. The van der Waals surface area contributed by atoms with Crippen molar-refractivity contribution < 1.29 is 17.9 Å². The lowest BCUT2D eigenvalue weighted by atomic mass is 9.76. The van der Waals surface area contributed by atoms with Crippen molar-refractivity contribution in [2.75, 3.05) is 19.7 Å². The number of para-hydroxylation sites is 1. The molecule has 0 aromatic heterocycles. The Kier molecular flexibility index (Phi) is 6.42. The van der Waals surface area contributed by atoms with Crippen molar-refractivity contribution in [1.29, 1.82) is 0 Å². The van der Waals surface area contributed by atoms with Crippen molar-refractivity contribution in [2.45, 2.75) is 24.2 Å². The summed E-state index contributed by atoms with van der Waals surface area (Å²) < 4.78 is 34.0. The average molecular weight is 467 g/mol. The molecule has 0 radical (unpaired) electrons. The Labute approximate surface area is 173 Å². The molecule has 0 saturated carbocycles. The number of hydrogen-bond acceptors (Lipinski definition) is 4. The van der Waals surface area contributed by atoms with Crippen LogP contribution in [0.1, 0.15) is 19.3 Å². The minimum absolute atomic E-state index is 0.173. The molecule has 2 N–H and O–H groups in total. The third-order valence-corrected chi connectivity index (χ3v) is 7.51. The fourth-order valence-corrected chi connectivity index (χ4v) is 5.16.